The third kappa shape index (κ3) is 3.33. The van der Waals surface area contributed by atoms with Crippen molar-refractivity contribution in [3.8, 4) is 11.6 Å². The average molecular weight is 291 g/mol. The molecule has 0 aliphatic rings. The molecule has 0 atom stereocenters. The summed E-state index contributed by atoms with van der Waals surface area (Å²) in [5, 5.41) is 7.25. The second kappa shape index (κ2) is 5.30. The SMILES string of the molecule is CS(=O)(=O)c1cccc(Oc2ccc(C(=N)N)cn2)c1. The number of ether oxygens (including phenoxy) is 1. The van der Waals surface area contributed by atoms with Gasteiger partial charge in [-0.25, -0.2) is 13.4 Å². The highest BCUT2D eigenvalue weighted by Gasteiger charge is 2.08. The van der Waals surface area contributed by atoms with Gasteiger partial charge in [0.1, 0.15) is 11.6 Å². The summed E-state index contributed by atoms with van der Waals surface area (Å²) in [6.45, 7) is 0. The minimum atomic E-state index is -3.28. The molecule has 0 aliphatic heterocycles. The van der Waals surface area contributed by atoms with E-state index in [2.05, 4.69) is 4.98 Å². The van der Waals surface area contributed by atoms with E-state index in [0.717, 1.165) is 6.26 Å². The van der Waals surface area contributed by atoms with E-state index in [9.17, 15) is 8.42 Å². The molecule has 0 spiro atoms. The third-order valence-corrected chi connectivity index (χ3v) is 3.61. The topological polar surface area (TPSA) is 106 Å². The number of pyridine rings is 1. The lowest BCUT2D eigenvalue weighted by atomic mass is 10.3. The second-order valence-electron chi connectivity index (χ2n) is 4.15. The van der Waals surface area contributed by atoms with E-state index in [-0.39, 0.29) is 10.7 Å². The fraction of sp³-hybridized carbons (Fsp3) is 0.0769. The van der Waals surface area contributed by atoms with Crippen molar-refractivity contribution in [2.24, 2.45) is 5.73 Å². The predicted octanol–water partition coefficient (Wildman–Crippen LogP) is 1.56. The monoisotopic (exact) mass is 291 g/mol. The molecule has 0 unspecified atom stereocenters. The van der Waals surface area contributed by atoms with Gasteiger partial charge in [0.15, 0.2) is 9.84 Å². The molecule has 20 heavy (non-hydrogen) atoms. The van der Waals surface area contributed by atoms with E-state index < -0.39 is 9.84 Å². The van der Waals surface area contributed by atoms with Gasteiger partial charge in [0.25, 0.3) is 0 Å². The molecule has 3 N–H and O–H groups in total. The first-order valence-corrected chi connectivity index (χ1v) is 7.54. The van der Waals surface area contributed by atoms with Crippen molar-refractivity contribution in [1.82, 2.24) is 4.98 Å². The zero-order valence-electron chi connectivity index (χ0n) is 10.7. The predicted molar refractivity (Wildman–Crippen MR) is 74.9 cm³/mol. The van der Waals surface area contributed by atoms with Gasteiger partial charge < -0.3 is 10.5 Å². The minimum absolute atomic E-state index is 0.0804. The first kappa shape index (κ1) is 14.0. The van der Waals surface area contributed by atoms with Crippen molar-refractivity contribution in [3.05, 3.63) is 48.2 Å². The summed E-state index contributed by atoms with van der Waals surface area (Å²) in [6.07, 6.45) is 2.55. The first-order chi connectivity index (χ1) is 9.36. The molecule has 0 bridgehead atoms. The second-order valence-corrected chi connectivity index (χ2v) is 6.16. The highest BCUT2D eigenvalue weighted by Crippen LogP contribution is 2.22. The van der Waals surface area contributed by atoms with E-state index in [1.54, 1.807) is 24.3 Å². The van der Waals surface area contributed by atoms with Gasteiger partial charge in [-0.2, -0.15) is 0 Å². The van der Waals surface area contributed by atoms with Gasteiger partial charge in [0, 0.05) is 24.1 Å². The molecule has 0 aliphatic carbocycles. The van der Waals surface area contributed by atoms with Crippen LogP contribution in [0.25, 0.3) is 0 Å². The molecule has 1 aromatic carbocycles. The highest BCUT2D eigenvalue weighted by atomic mass is 32.2. The Morgan fingerprint density at radius 2 is 2.05 bits per heavy atom. The number of nitrogens with zero attached hydrogens (tertiary/aromatic N) is 1. The van der Waals surface area contributed by atoms with Crippen molar-refractivity contribution in [2.45, 2.75) is 4.90 Å². The van der Waals surface area contributed by atoms with E-state index in [4.69, 9.17) is 15.9 Å². The summed E-state index contributed by atoms with van der Waals surface area (Å²) in [7, 11) is -3.28. The van der Waals surface area contributed by atoms with Gasteiger partial charge in [-0.1, -0.05) is 6.07 Å². The fourth-order valence-electron chi connectivity index (χ4n) is 1.49. The molecule has 0 fully saturated rings. The van der Waals surface area contributed by atoms with Crippen molar-refractivity contribution in [1.29, 1.82) is 5.41 Å². The zero-order valence-corrected chi connectivity index (χ0v) is 11.5. The Balaban J connectivity index is 2.24. The van der Waals surface area contributed by atoms with Crippen LogP contribution in [0.4, 0.5) is 0 Å². The first-order valence-electron chi connectivity index (χ1n) is 5.65. The Morgan fingerprint density at radius 1 is 1.30 bits per heavy atom. The smallest absolute Gasteiger partial charge is 0.219 e. The Morgan fingerprint density at radius 3 is 2.60 bits per heavy atom. The molecular formula is C13H13N3O3S. The van der Waals surface area contributed by atoms with Crippen molar-refractivity contribution < 1.29 is 13.2 Å². The standard InChI is InChI=1S/C13H13N3O3S/c1-20(17,18)11-4-2-3-10(7-11)19-12-6-5-9(8-16-12)13(14)15/h2-8H,1H3,(H3,14,15). The summed E-state index contributed by atoms with van der Waals surface area (Å²) < 4.78 is 28.4. The Kier molecular flexibility index (Phi) is 3.71. The quantitative estimate of drug-likeness (QED) is 0.656. The Hall–Kier alpha value is -2.41. The number of nitrogen functional groups attached to an aromatic ring is 1. The molecular weight excluding hydrogens is 278 g/mol. The van der Waals surface area contributed by atoms with Crippen LogP contribution >= 0.6 is 0 Å². The maximum Gasteiger partial charge on any atom is 0.219 e. The lowest BCUT2D eigenvalue weighted by Gasteiger charge is -2.06. The number of aromatic nitrogens is 1. The van der Waals surface area contributed by atoms with Crippen molar-refractivity contribution >= 4 is 15.7 Å². The molecule has 2 aromatic rings. The summed E-state index contributed by atoms with van der Waals surface area (Å²) >= 11 is 0. The number of nitrogens with one attached hydrogen (secondary N) is 1. The molecule has 104 valence electrons. The Bertz CT molecular complexity index is 740. The number of hydrogen-bond acceptors (Lipinski definition) is 5. The van der Waals surface area contributed by atoms with Crippen LogP contribution in [0.3, 0.4) is 0 Å². The van der Waals surface area contributed by atoms with Gasteiger partial charge in [0.05, 0.1) is 4.90 Å². The number of benzene rings is 1. The van der Waals surface area contributed by atoms with Crippen LogP contribution in [0.1, 0.15) is 5.56 Å². The molecule has 6 nitrogen and oxygen atoms in total. The maximum absolute atomic E-state index is 11.4. The van der Waals surface area contributed by atoms with Crippen LogP contribution in [0, 0.1) is 5.41 Å². The van der Waals surface area contributed by atoms with E-state index in [1.165, 1.54) is 18.3 Å². The van der Waals surface area contributed by atoms with Crippen LogP contribution in [0.15, 0.2) is 47.5 Å². The molecule has 0 amide bonds. The summed E-state index contributed by atoms with van der Waals surface area (Å²) in [4.78, 5) is 4.17. The van der Waals surface area contributed by atoms with Crippen LogP contribution in [-0.4, -0.2) is 25.5 Å². The van der Waals surface area contributed by atoms with Crippen LogP contribution in [-0.2, 0) is 9.84 Å². The lowest BCUT2D eigenvalue weighted by Crippen LogP contribution is -2.11. The molecule has 0 radical (unpaired) electrons. The molecule has 7 heteroatoms. The summed E-state index contributed by atoms with van der Waals surface area (Å²) in [5.41, 5.74) is 5.81. The van der Waals surface area contributed by atoms with Gasteiger partial charge >= 0.3 is 0 Å². The van der Waals surface area contributed by atoms with Gasteiger partial charge in [-0.3, -0.25) is 5.41 Å². The van der Waals surface area contributed by atoms with Crippen LogP contribution < -0.4 is 10.5 Å². The fourth-order valence-corrected chi connectivity index (χ4v) is 2.15. The third-order valence-electron chi connectivity index (χ3n) is 2.50. The van der Waals surface area contributed by atoms with Crippen LogP contribution in [0.5, 0.6) is 11.6 Å². The summed E-state index contributed by atoms with van der Waals surface area (Å²) in [6, 6.07) is 9.31. The van der Waals surface area contributed by atoms with E-state index in [1.807, 2.05) is 0 Å². The number of hydrogen-bond donors (Lipinski definition) is 2. The Labute approximate surface area is 116 Å². The number of nitrogens with two attached hydrogens (primary N) is 1. The molecule has 0 saturated heterocycles. The van der Waals surface area contributed by atoms with Gasteiger partial charge in [0.2, 0.25) is 5.88 Å². The maximum atomic E-state index is 11.4. The number of rotatable bonds is 4. The van der Waals surface area contributed by atoms with Crippen LogP contribution in [0.2, 0.25) is 0 Å². The summed E-state index contributed by atoms with van der Waals surface area (Å²) in [5.74, 6) is 0.583. The molecule has 1 aromatic heterocycles. The molecule has 0 saturated carbocycles. The molecule has 2 rings (SSSR count). The average Bonchev–Trinajstić information content (AvgIpc) is 2.38. The van der Waals surface area contributed by atoms with Gasteiger partial charge in [-0.05, 0) is 24.3 Å². The number of sulfone groups is 1. The molecule has 1 heterocycles. The van der Waals surface area contributed by atoms with E-state index in [0.29, 0.717) is 17.2 Å². The lowest BCUT2D eigenvalue weighted by molar-refractivity contribution is 0.461. The normalized spacial score (nSPS) is 11.1. The van der Waals surface area contributed by atoms with Crippen molar-refractivity contribution in [2.75, 3.05) is 6.26 Å². The largest absolute Gasteiger partial charge is 0.439 e. The minimum Gasteiger partial charge on any atom is -0.439 e. The number of amidine groups is 1. The van der Waals surface area contributed by atoms with Gasteiger partial charge in [-0.15, -0.1) is 0 Å². The zero-order chi connectivity index (χ0) is 14.8. The van der Waals surface area contributed by atoms with Crippen molar-refractivity contribution in [3.63, 3.8) is 0 Å². The highest BCUT2D eigenvalue weighted by molar-refractivity contribution is 7.90. The van der Waals surface area contributed by atoms with E-state index >= 15 is 0 Å².